The van der Waals surface area contributed by atoms with E-state index in [4.69, 9.17) is 11.6 Å². The Morgan fingerprint density at radius 3 is 2.75 bits per heavy atom. The Labute approximate surface area is 173 Å². The van der Waals surface area contributed by atoms with Crippen LogP contribution in [0.3, 0.4) is 0 Å². The fourth-order valence-corrected chi connectivity index (χ4v) is 4.88. The number of nitrogens with zero attached hydrogens (tertiary/aromatic N) is 1. The zero-order chi connectivity index (χ0) is 19.7. The number of carbonyl (C=O) groups excluding carboxylic acids is 1. The Bertz CT molecular complexity index is 998. The first-order valence-corrected chi connectivity index (χ1v) is 11.0. The molecule has 1 atom stereocenters. The number of hydrogen-bond acceptors (Lipinski definition) is 5. The van der Waals surface area contributed by atoms with E-state index in [0.717, 1.165) is 42.7 Å². The van der Waals surface area contributed by atoms with Crippen molar-refractivity contribution in [3.05, 3.63) is 62.0 Å². The predicted octanol–water partition coefficient (Wildman–Crippen LogP) is 4.88. The fraction of sp³-hybridized carbons (Fsp3) is 0.381. The van der Waals surface area contributed by atoms with Gasteiger partial charge >= 0.3 is 0 Å². The SMILES string of the molecule is CCCCSc1nc2c(c(=O)[nH]1)C(c1ccc(Cl)cc1)C1=C(CCCC1=O)N2. The van der Waals surface area contributed by atoms with Crippen LogP contribution in [0, 0.1) is 0 Å². The highest BCUT2D eigenvalue weighted by molar-refractivity contribution is 7.99. The number of fused-ring (bicyclic) bond motifs is 1. The maximum atomic E-state index is 13.0. The molecule has 2 aromatic rings. The molecule has 1 aliphatic carbocycles. The molecule has 28 heavy (non-hydrogen) atoms. The number of hydrogen-bond donors (Lipinski definition) is 2. The van der Waals surface area contributed by atoms with E-state index in [1.54, 1.807) is 23.9 Å². The Hall–Kier alpha value is -2.05. The van der Waals surface area contributed by atoms with Crippen LogP contribution in [-0.4, -0.2) is 21.5 Å². The molecule has 4 rings (SSSR count). The van der Waals surface area contributed by atoms with Gasteiger partial charge in [0.2, 0.25) is 0 Å². The van der Waals surface area contributed by atoms with Gasteiger partial charge in [0.1, 0.15) is 5.82 Å². The number of Topliss-reactive ketones (excluding diaryl/α,β-unsaturated/α-hetero) is 1. The van der Waals surface area contributed by atoms with Gasteiger partial charge in [-0.05, 0) is 37.0 Å². The summed E-state index contributed by atoms with van der Waals surface area (Å²) in [5, 5.41) is 4.54. The number of anilines is 1. The molecular formula is C21H22ClN3O2S. The molecule has 146 valence electrons. The quantitative estimate of drug-likeness (QED) is 0.413. The highest BCUT2D eigenvalue weighted by Gasteiger charge is 2.37. The molecule has 1 unspecified atom stereocenters. The van der Waals surface area contributed by atoms with E-state index >= 15 is 0 Å². The normalized spacial score (nSPS) is 18.5. The number of unbranched alkanes of at least 4 members (excludes halogenated alkanes) is 1. The Morgan fingerprint density at radius 2 is 2.00 bits per heavy atom. The van der Waals surface area contributed by atoms with E-state index in [-0.39, 0.29) is 11.3 Å². The summed E-state index contributed by atoms with van der Waals surface area (Å²) in [6, 6.07) is 7.36. The highest BCUT2D eigenvalue weighted by Crippen LogP contribution is 2.43. The number of aromatic nitrogens is 2. The maximum Gasteiger partial charge on any atom is 0.257 e. The Kier molecular flexibility index (Phi) is 5.60. The number of rotatable bonds is 5. The number of aromatic amines is 1. The highest BCUT2D eigenvalue weighted by atomic mass is 35.5. The molecule has 2 N–H and O–H groups in total. The fourth-order valence-electron chi connectivity index (χ4n) is 3.81. The minimum atomic E-state index is -0.415. The van der Waals surface area contributed by atoms with E-state index in [0.29, 0.717) is 33.6 Å². The van der Waals surface area contributed by atoms with Gasteiger partial charge in [0.05, 0.1) is 5.56 Å². The van der Waals surface area contributed by atoms with E-state index in [9.17, 15) is 9.59 Å². The number of carbonyl (C=O) groups is 1. The van der Waals surface area contributed by atoms with Gasteiger partial charge in [0.15, 0.2) is 10.9 Å². The molecule has 1 aromatic carbocycles. The van der Waals surface area contributed by atoms with Crippen molar-refractivity contribution < 1.29 is 4.79 Å². The molecule has 0 bridgehead atoms. The molecule has 0 fully saturated rings. The molecule has 0 saturated carbocycles. The van der Waals surface area contributed by atoms with Crippen LogP contribution in [0.25, 0.3) is 0 Å². The van der Waals surface area contributed by atoms with Gasteiger partial charge in [-0.15, -0.1) is 0 Å². The lowest BCUT2D eigenvalue weighted by molar-refractivity contribution is -0.116. The zero-order valence-corrected chi connectivity index (χ0v) is 17.3. The predicted molar refractivity (Wildman–Crippen MR) is 113 cm³/mol. The zero-order valence-electron chi connectivity index (χ0n) is 15.7. The third-order valence-electron chi connectivity index (χ3n) is 5.18. The number of benzene rings is 1. The van der Waals surface area contributed by atoms with Crippen LogP contribution in [0.15, 0.2) is 45.5 Å². The van der Waals surface area contributed by atoms with Gasteiger partial charge < -0.3 is 10.3 Å². The molecular weight excluding hydrogens is 394 g/mol. The van der Waals surface area contributed by atoms with Crippen molar-refractivity contribution in [1.82, 2.24) is 9.97 Å². The second-order valence-corrected chi connectivity index (χ2v) is 8.63. The number of allylic oxidation sites excluding steroid dienone is 2. The molecule has 0 radical (unpaired) electrons. The summed E-state index contributed by atoms with van der Waals surface area (Å²) < 4.78 is 0. The van der Waals surface area contributed by atoms with Crippen molar-refractivity contribution in [2.24, 2.45) is 0 Å². The second kappa shape index (κ2) is 8.13. The Morgan fingerprint density at radius 1 is 1.21 bits per heavy atom. The van der Waals surface area contributed by atoms with Crippen molar-refractivity contribution in [3.63, 3.8) is 0 Å². The summed E-state index contributed by atoms with van der Waals surface area (Å²) in [7, 11) is 0. The van der Waals surface area contributed by atoms with Crippen LogP contribution >= 0.6 is 23.4 Å². The van der Waals surface area contributed by atoms with E-state index in [1.165, 1.54) is 0 Å². The summed E-state index contributed by atoms with van der Waals surface area (Å²) in [6.45, 7) is 2.13. The van der Waals surface area contributed by atoms with Crippen LogP contribution in [0.4, 0.5) is 5.82 Å². The van der Waals surface area contributed by atoms with Gasteiger partial charge in [0, 0.05) is 34.4 Å². The summed E-state index contributed by atoms with van der Waals surface area (Å²) in [5.74, 6) is 1.16. The monoisotopic (exact) mass is 415 g/mol. The number of halogens is 1. The van der Waals surface area contributed by atoms with Crippen molar-refractivity contribution in [2.75, 3.05) is 11.1 Å². The molecule has 2 aliphatic rings. The topological polar surface area (TPSA) is 74.8 Å². The van der Waals surface area contributed by atoms with Crippen molar-refractivity contribution >= 4 is 35.0 Å². The van der Waals surface area contributed by atoms with Gasteiger partial charge in [-0.1, -0.05) is 48.8 Å². The molecule has 7 heteroatoms. The van der Waals surface area contributed by atoms with Crippen LogP contribution in [0.2, 0.25) is 5.02 Å². The summed E-state index contributed by atoms with van der Waals surface area (Å²) in [5.41, 5.74) is 2.79. The van der Waals surface area contributed by atoms with E-state index < -0.39 is 5.92 Å². The molecule has 0 saturated heterocycles. The minimum Gasteiger partial charge on any atom is -0.343 e. The van der Waals surface area contributed by atoms with Crippen LogP contribution in [0.5, 0.6) is 0 Å². The minimum absolute atomic E-state index is 0.0974. The average Bonchev–Trinajstić information content (AvgIpc) is 2.67. The van der Waals surface area contributed by atoms with Crippen LogP contribution in [-0.2, 0) is 4.79 Å². The first-order chi connectivity index (χ1) is 13.6. The largest absolute Gasteiger partial charge is 0.343 e. The molecule has 1 aliphatic heterocycles. The van der Waals surface area contributed by atoms with Crippen molar-refractivity contribution in [2.45, 2.75) is 50.1 Å². The first kappa shape index (κ1) is 19.3. The number of H-pyrrole nitrogens is 1. The van der Waals surface area contributed by atoms with Crippen LogP contribution < -0.4 is 10.9 Å². The second-order valence-electron chi connectivity index (χ2n) is 7.11. The molecule has 0 amide bonds. The third-order valence-corrected chi connectivity index (χ3v) is 6.39. The lowest BCUT2D eigenvalue weighted by Gasteiger charge is -2.32. The molecule has 2 heterocycles. The summed E-state index contributed by atoms with van der Waals surface area (Å²) in [6.07, 6.45) is 4.27. The summed E-state index contributed by atoms with van der Waals surface area (Å²) >= 11 is 7.61. The average molecular weight is 416 g/mol. The summed E-state index contributed by atoms with van der Waals surface area (Å²) in [4.78, 5) is 33.4. The van der Waals surface area contributed by atoms with E-state index in [1.807, 2.05) is 12.1 Å². The van der Waals surface area contributed by atoms with Crippen molar-refractivity contribution in [3.8, 4) is 0 Å². The molecule has 5 nitrogen and oxygen atoms in total. The number of ketones is 1. The first-order valence-electron chi connectivity index (χ1n) is 9.64. The third kappa shape index (κ3) is 3.63. The van der Waals surface area contributed by atoms with Gasteiger partial charge in [-0.3, -0.25) is 9.59 Å². The number of nitrogens with one attached hydrogen (secondary N) is 2. The van der Waals surface area contributed by atoms with Gasteiger partial charge in [-0.25, -0.2) is 4.98 Å². The van der Waals surface area contributed by atoms with Crippen molar-refractivity contribution in [1.29, 1.82) is 0 Å². The van der Waals surface area contributed by atoms with Gasteiger partial charge in [0.25, 0.3) is 5.56 Å². The molecule has 0 spiro atoms. The maximum absolute atomic E-state index is 13.0. The number of thioether (sulfide) groups is 1. The molecule has 1 aromatic heterocycles. The lowest BCUT2D eigenvalue weighted by Crippen LogP contribution is -2.32. The smallest absolute Gasteiger partial charge is 0.257 e. The van der Waals surface area contributed by atoms with Gasteiger partial charge in [-0.2, -0.15) is 0 Å². The van der Waals surface area contributed by atoms with Crippen LogP contribution in [0.1, 0.15) is 56.1 Å². The van der Waals surface area contributed by atoms with E-state index in [2.05, 4.69) is 22.2 Å². The standard InChI is InChI=1S/C21H22ClN3O2S/c1-2-3-11-28-21-24-19-18(20(27)25-21)16(12-7-9-13(22)10-8-12)17-14(23-19)5-4-6-15(17)26/h7-10,16H,2-6,11H2,1H3,(H2,23,24,25,27). The lowest BCUT2D eigenvalue weighted by atomic mass is 9.76. The Balaban J connectivity index is 1.83.